The van der Waals surface area contributed by atoms with Gasteiger partial charge < -0.3 is 5.32 Å². The van der Waals surface area contributed by atoms with Crippen LogP contribution in [0.15, 0.2) is 58.4 Å². The van der Waals surface area contributed by atoms with Crippen molar-refractivity contribution >= 4 is 23.8 Å². The maximum Gasteiger partial charge on any atom is 0.270 e. The molecule has 0 fully saturated rings. The van der Waals surface area contributed by atoms with Crippen LogP contribution in [0.3, 0.4) is 0 Å². The molecular formula is C20H14N6O2. The van der Waals surface area contributed by atoms with Gasteiger partial charge in [0, 0.05) is 11.3 Å². The molecule has 8 heteroatoms. The highest BCUT2D eigenvalue weighted by molar-refractivity contribution is 6.00. The van der Waals surface area contributed by atoms with E-state index in [-0.39, 0.29) is 23.1 Å². The van der Waals surface area contributed by atoms with Crippen molar-refractivity contribution in [1.82, 2.24) is 9.97 Å². The Morgan fingerprint density at radius 3 is 2.79 bits per heavy atom. The fourth-order valence-electron chi connectivity index (χ4n) is 2.93. The highest BCUT2D eigenvalue weighted by Gasteiger charge is 2.17. The number of aromatic nitrogens is 2. The number of hydrogen-bond acceptors (Lipinski definition) is 6. The summed E-state index contributed by atoms with van der Waals surface area (Å²) in [7, 11) is 0. The van der Waals surface area contributed by atoms with Crippen LogP contribution < -0.4 is 16.3 Å². The molecule has 8 nitrogen and oxygen atoms in total. The molecule has 3 N–H and O–H groups in total. The van der Waals surface area contributed by atoms with Crippen molar-refractivity contribution < 1.29 is 4.79 Å². The van der Waals surface area contributed by atoms with Crippen molar-refractivity contribution in [3.8, 4) is 17.3 Å². The molecule has 0 aliphatic carbocycles. The Morgan fingerprint density at radius 2 is 2.00 bits per heavy atom. The van der Waals surface area contributed by atoms with E-state index < -0.39 is 5.56 Å². The quantitative estimate of drug-likeness (QED) is 0.480. The van der Waals surface area contributed by atoms with Crippen molar-refractivity contribution in [3.05, 3.63) is 75.6 Å². The molecule has 0 radical (unpaired) electrons. The van der Waals surface area contributed by atoms with Crippen LogP contribution in [-0.4, -0.2) is 22.1 Å². The standard InChI is InChI=1S/C20H14N6O2/c21-10-15-18(13-4-2-1-3-5-13)24-20(25-19(15)28)26-22-11-12-6-7-16-14(8-12)9-17(27)23-16/h1-8,11H,9H2,(H,23,27)(H2,24,25,26,28). The highest BCUT2D eigenvalue weighted by Crippen LogP contribution is 2.23. The molecule has 1 amide bonds. The zero-order valence-electron chi connectivity index (χ0n) is 14.6. The number of carbonyl (C=O) groups excluding carboxylic acids is 1. The lowest BCUT2D eigenvalue weighted by molar-refractivity contribution is -0.115. The molecule has 136 valence electrons. The summed E-state index contributed by atoms with van der Waals surface area (Å²) < 4.78 is 0. The Bertz CT molecular complexity index is 1190. The van der Waals surface area contributed by atoms with Crippen LogP contribution >= 0.6 is 0 Å². The van der Waals surface area contributed by atoms with Gasteiger partial charge in [-0.1, -0.05) is 36.4 Å². The predicted molar refractivity (Wildman–Crippen MR) is 105 cm³/mol. The minimum Gasteiger partial charge on any atom is -0.326 e. The largest absolute Gasteiger partial charge is 0.326 e. The van der Waals surface area contributed by atoms with Crippen molar-refractivity contribution in [2.45, 2.75) is 6.42 Å². The number of nitriles is 1. The van der Waals surface area contributed by atoms with Gasteiger partial charge in [0.2, 0.25) is 11.9 Å². The Kier molecular flexibility index (Phi) is 4.40. The van der Waals surface area contributed by atoms with Crippen LogP contribution in [-0.2, 0) is 11.2 Å². The van der Waals surface area contributed by atoms with E-state index in [0.29, 0.717) is 12.0 Å². The summed E-state index contributed by atoms with van der Waals surface area (Å²) in [6.45, 7) is 0. The molecular weight excluding hydrogens is 356 g/mol. The third-order valence-electron chi connectivity index (χ3n) is 4.22. The predicted octanol–water partition coefficient (Wildman–Crippen LogP) is 2.25. The Balaban J connectivity index is 1.59. The first-order valence-electron chi connectivity index (χ1n) is 8.46. The number of benzene rings is 2. The van der Waals surface area contributed by atoms with Crippen LogP contribution in [0, 0.1) is 11.3 Å². The number of aromatic amines is 1. The molecule has 0 saturated heterocycles. The maximum absolute atomic E-state index is 12.2. The second kappa shape index (κ2) is 7.17. The van der Waals surface area contributed by atoms with Gasteiger partial charge in [-0.05, 0) is 23.3 Å². The monoisotopic (exact) mass is 370 g/mol. The van der Waals surface area contributed by atoms with Gasteiger partial charge in [0.15, 0.2) is 0 Å². The van der Waals surface area contributed by atoms with E-state index >= 15 is 0 Å². The summed E-state index contributed by atoms with van der Waals surface area (Å²) in [6, 6.07) is 16.4. The molecule has 3 aromatic rings. The molecule has 0 bridgehead atoms. The van der Waals surface area contributed by atoms with E-state index in [0.717, 1.165) is 16.8 Å². The number of rotatable bonds is 4. The summed E-state index contributed by atoms with van der Waals surface area (Å²) in [5, 5.41) is 16.1. The van der Waals surface area contributed by atoms with Crippen molar-refractivity contribution in [2.75, 3.05) is 10.7 Å². The molecule has 0 unspecified atom stereocenters. The molecule has 2 aromatic carbocycles. The molecule has 28 heavy (non-hydrogen) atoms. The lowest BCUT2D eigenvalue weighted by atomic mass is 10.1. The zero-order valence-corrected chi connectivity index (χ0v) is 14.6. The van der Waals surface area contributed by atoms with Crippen molar-refractivity contribution in [1.29, 1.82) is 5.26 Å². The average molecular weight is 370 g/mol. The molecule has 1 aromatic heterocycles. The van der Waals surface area contributed by atoms with Gasteiger partial charge >= 0.3 is 0 Å². The number of H-pyrrole nitrogens is 1. The van der Waals surface area contributed by atoms with Gasteiger partial charge in [0.25, 0.3) is 5.56 Å². The summed E-state index contributed by atoms with van der Waals surface area (Å²) in [6.07, 6.45) is 1.90. The smallest absolute Gasteiger partial charge is 0.270 e. The van der Waals surface area contributed by atoms with Crippen LogP contribution in [0.4, 0.5) is 11.6 Å². The number of anilines is 2. The van der Waals surface area contributed by atoms with Gasteiger partial charge in [-0.15, -0.1) is 0 Å². The Morgan fingerprint density at radius 1 is 1.18 bits per heavy atom. The first kappa shape index (κ1) is 17.2. The molecule has 0 spiro atoms. The minimum absolute atomic E-state index is 0.0324. The van der Waals surface area contributed by atoms with Crippen LogP contribution in [0.2, 0.25) is 0 Å². The average Bonchev–Trinajstić information content (AvgIpc) is 3.07. The van der Waals surface area contributed by atoms with Gasteiger partial charge in [-0.2, -0.15) is 10.4 Å². The maximum atomic E-state index is 12.2. The number of nitrogens with zero attached hydrogens (tertiary/aromatic N) is 3. The number of hydrazone groups is 1. The summed E-state index contributed by atoms with van der Waals surface area (Å²) >= 11 is 0. The fourth-order valence-corrected chi connectivity index (χ4v) is 2.93. The fraction of sp³-hybridized carbons (Fsp3) is 0.0500. The number of carbonyl (C=O) groups is 1. The van der Waals surface area contributed by atoms with E-state index in [4.69, 9.17) is 0 Å². The van der Waals surface area contributed by atoms with Crippen LogP contribution in [0.1, 0.15) is 16.7 Å². The summed E-state index contributed by atoms with van der Waals surface area (Å²) in [4.78, 5) is 30.4. The number of amides is 1. The first-order valence-corrected chi connectivity index (χ1v) is 8.46. The lowest BCUT2D eigenvalue weighted by Crippen LogP contribution is -2.16. The summed E-state index contributed by atoms with van der Waals surface area (Å²) in [5.41, 5.74) is 5.53. The normalized spacial score (nSPS) is 12.5. The van der Waals surface area contributed by atoms with Gasteiger partial charge in [0.05, 0.1) is 18.3 Å². The van der Waals surface area contributed by atoms with E-state index in [1.54, 1.807) is 30.5 Å². The van der Waals surface area contributed by atoms with Crippen molar-refractivity contribution in [2.24, 2.45) is 5.10 Å². The van der Waals surface area contributed by atoms with Crippen LogP contribution in [0.5, 0.6) is 0 Å². The zero-order chi connectivity index (χ0) is 19.5. The highest BCUT2D eigenvalue weighted by atomic mass is 16.1. The number of fused-ring (bicyclic) bond motifs is 1. The first-order chi connectivity index (χ1) is 13.6. The molecule has 0 atom stereocenters. The molecule has 0 saturated carbocycles. The summed E-state index contributed by atoms with van der Waals surface area (Å²) in [5.74, 6) is 0.0899. The SMILES string of the molecule is N#Cc1c(-c2ccccc2)nc(NN=Cc2ccc3c(c2)CC(=O)N3)[nH]c1=O. The van der Waals surface area contributed by atoms with Gasteiger partial charge in [-0.25, -0.2) is 10.4 Å². The molecule has 1 aliphatic rings. The van der Waals surface area contributed by atoms with E-state index in [1.807, 2.05) is 30.3 Å². The molecule has 2 heterocycles. The van der Waals surface area contributed by atoms with E-state index in [2.05, 4.69) is 25.8 Å². The molecule has 1 aliphatic heterocycles. The molecule has 4 rings (SSSR count). The lowest BCUT2D eigenvalue weighted by Gasteiger charge is -2.06. The Hall–Kier alpha value is -4.25. The second-order valence-electron chi connectivity index (χ2n) is 6.13. The van der Waals surface area contributed by atoms with E-state index in [1.165, 1.54) is 0 Å². The van der Waals surface area contributed by atoms with Gasteiger partial charge in [-0.3, -0.25) is 14.6 Å². The van der Waals surface area contributed by atoms with Crippen LogP contribution in [0.25, 0.3) is 11.3 Å². The minimum atomic E-state index is -0.545. The second-order valence-corrected chi connectivity index (χ2v) is 6.13. The third kappa shape index (κ3) is 3.37. The van der Waals surface area contributed by atoms with Gasteiger partial charge in [0.1, 0.15) is 11.6 Å². The topological polar surface area (TPSA) is 123 Å². The number of nitrogens with one attached hydrogen (secondary N) is 3. The number of hydrogen-bond donors (Lipinski definition) is 3. The Labute approximate surface area is 159 Å². The van der Waals surface area contributed by atoms with Crippen molar-refractivity contribution in [3.63, 3.8) is 0 Å². The van der Waals surface area contributed by atoms with E-state index in [9.17, 15) is 14.9 Å². The third-order valence-corrected chi connectivity index (χ3v) is 4.22.